The van der Waals surface area contributed by atoms with Crippen molar-refractivity contribution in [3.63, 3.8) is 0 Å². The van der Waals surface area contributed by atoms with Crippen LogP contribution in [0.15, 0.2) is 28.7 Å². The molecule has 0 amide bonds. The molecule has 15 heavy (non-hydrogen) atoms. The summed E-state index contributed by atoms with van der Waals surface area (Å²) < 4.78 is 22.7. The van der Waals surface area contributed by atoms with Crippen LogP contribution in [-0.2, 0) is 9.84 Å². The van der Waals surface area contributed by atoms with E-state index in [0.717, 1.165) is 10.2 Å². The first-order valence-electron chi connectivity index (χ1n) is 4.64. The van der Waals surface area contributed by atoms with Crippen LogP contribution in [0.4, 0.5) is 5.69 Å². The maximum absolute atomic E-state index is 10.9. The minimum absolute atomic E-state index is 0.233. The van der Waals surface area contributed by atoms with Gasteiger partial charge < -0.3 is 5.32 Å². The molecule has 0 atom stereocenters. The molecule has 0 unspecified atom stereocenters. The molecule has 0 aromatic heterocycles. The van der Waals surface area contributed by atoms with Gasteiger partial charge in [-0.15, -0.1) is 0 Å². The summed E-state index contributed by atoms with van der Waals surface area (Å²) in [6.07, 6.45) is 1.89. The maximum atomic E-state index is 10.9. The van der Waals surface area contributed by atoms with Gasteiger partial charge in [-0.25, -0.2) is 8.42 Å². The molecular formula is C10H14BrNO2S. The van der Waals surface area contributed by atoms with Crippen LogP contribution < -0.4 is 5.32 Å². The topological polar surface area (TPSA) is 46.2 Å². The minimum atomic E-state index is -2.83. The predicted octanol–water partition coefficient (Wildman–Crippen LogP) is 2.30. The third-order valence-corrected chi connectivity index (χ3v) is 3.42. The number of benzene rings is 1. The molecule has 0 heterocycles. The Hall–Kier alpha value is -0.550. The Morgan fingerprint density at radius 3 is 2.40 bits per heavy atom. The van der Waals surface area contributed by atoms with Crippen LogP contribution in [0.1, 0.15) is 6.42 Å². The smallest absolute Gasteiger partial charge is 0.147 e. The average Bonchev–Trinajstić information content (AvgIpc) is 2.14. The first-order valence-corrected chi connectivity index (χ1v) is 7.50. The van der Waals surface area contributed by atoms with Crippen molar-refractivity contribution in [2.75, 3.05) is 23.9 Å². The van der Waals surface area contributed by atoms with Crippen molar-refractivity contribution in [2.24, 2.45) is 0 Å². The van der Waals surface area contributed by atoms with Gasteiger partial charge in [0.25, 0.3) is 0 Å². The van der Waals surface area contributed by atoms with Gasteiger partial charge in [-0.3, -0.25) is 0 Å². The lowest BCUT2D eigenvalue weighted by molar-refractivity contribution is 0.600. The Morgan fingerprint density at radius 1 is 1.27 bits per heavy atom. The summed E-state index contributed by atoms with van der Waals surface area (Å²) in [5, 5.41) is 3.16. The van der Waals surface area contributed by atoms with Crippen LogP contribution in [0, 0.1) is 0 Å². The second kappa shape index (κ2) is 5.51. The average molecular weight is 292 g/mol. The number of sulfone groups is 1. The fraction of sp³-hybridized carbons (Fsp3) is 0.400. The van der Waals surface area contributed by atoms with Crippen molar-refractivity contribution < 1.29 is 8.42 Å². The van der Waals surface area contributed by atoms with E-state index in [0.29, 0.717) is 13.0 Å². The molecule has 0 aliphatic carbocycles. The maximum Gasteiger partial charge on any atom is 0.147 e. The zero-order valence-corrected chi connectivity index (χ0v) is 10.9. The number of halogens is 1. The summed E-state index contributed by atoms with van der Waals surface area (Å²) in [7, 11) is -2.83. The molecule has 0 aliphatic rings. The zero-order chi connectivity index (χ0) is 11.3. The van der Waals surface area contributed by atoms with E-state index < -0.39 is 9.84 Å². The Labute approximate surface area is 98.9 Å². The van der Waals surface area contributed by atoms with Gasteiger partial charge in [0.1, 0.15) is 9.84 Å². The van der Waals surface area contributed by atoms with Crippen molar-refractivity contribution in [3.05, 3.63) is 28.7 Å². The molecule has 1 aromatic carbocycles. The van der Waals surface area contributed by atoms with E-state index in [2.05, 4.69) is 21.2 Å². The van der Waals surface area contributed by atoms with Gasteiger partial charge in [0.15, 0.2) is 0 Å². The summed E-state index contributed by atoms with van der Waals surface area (Å²) in [5.74, 6) is 0.233. The van der Waals surface area contributed by atoms with E-state index in [1.807, 2.05) is 24.3 Å². The van der Waals surface area contributed by atoms with E-state index in [1.54, 1.807) is 0 Å². The molecule has 1 aromatic rings. The number of hydrogen-bond acceptors (Lipinski definition) is 3. The molecule has 1 rings (SSSR count). The molecule has 84 valence electrons. The van der Waals surface area contributed by atoms with E-state index >= 15 is 0 Å². The standard InChI is InChI=1S/C10H14BrNO2S/c1-15(13,14)8-2-7-12-10-5-3-9(11)4-6-10/h3-6,12H,2,7-8H2,1H3. The highest BCUT2D eigenvalue weighted by Gasteiger charge is 2.00. The van der Waals surface area contributed by atoms with Crippen molar-refractivity contribution in [3.8, 4) is 0 Å². The molecule has 0 fully saturated rings. The number of rotatable bonds is 5. The predicted molar refractivity (Wildman–Crippen MR) is 67.0 cm³/mol. The lowest BCUT2D eigenvalue weighted by atomic mass is 10.3. The Kier molecular flexibility index (Phi) is 4.60. The van der Waals surface area contributed by atoms with Crippen LogP contribution in [0.25, 0.3) is 0 Å². The first-order chi connectivity index (χ1) is 6.97. The molecule has 3 nitrogen and oxygen atoms in total. The highest BCUT2D eigenvalue weighted by molar-refractivity contribution is 9.10. The van der Waals surface area contributed by atoms with Gasteiger partial charge in [-0.05, 0) is 30.7 Å². The highest BCUT2D eigenvalue weighted by atomic mass is 79.9. The van der Waals surface area contributed by atoms with Crippen molar-refractivity contribution in [1.29, 1.82) is 0 Å². The van der Waals surface area contributed by atoms with Crippen LogP contribution in [0.5, 0.6) is 0 Å². The van der Waals surface area contributed by atoms with Gasteiger partial charge in [-0.1, -0.05) is 15.9 Å². The van der Waals surface area contributed by atoms with Crippen LogP contribution >= 0.6 is 15.9 Å². The molecule has 5 heteroatoms. The largest absolute Gasteiger partial charge is 0.385 e. The Bertz CT molecular complexity index is 400. The lowest BCUT2D eigenvalue weighted by Crippen LogP contribution is -2.09. The molecule has 1 N–H and O–H groups in total. The van der Waals surface area contributed by atoms with Crippen molar-refractivity contribution >= 4 is 31.5 Å². The summed E-state index contributed by atoms with van der Waals surface area (Å²) >= 11 is 3.35. The quantitative estimate of drug-likeness (QED) is 0.847. The number of nitrogens with one attached hydrogen (secondary N) is 1. The van der Waals surface area contributed by atoms with Crippen molar-refractivity contribution in [1.82, 2.24) is 0 Å². The Balaban J connectivity index is 2.29. The molecule has 0 saturated carbocycles. The van der Waals surface area contributed by atoms with E-state index in [-0.39, 0.29) is 5.75 Å². The van der Waals surface area contributed by atoms with E-state index in [1.165, 1.54) is 6.26 Å². The summed E-state index contributed by atoms with van der Waals surface area (Å²) in [6, 6.07) is 7.78. The lowest BCUT2D eigenvalue weighted by Gasteiger charge is -2.05. The third-order valence-electron chi connectivity index (χ3n) is 1.87. The second-order valence-electron chi connectivity index (χ2n) is 3.42. The third kappa shape index (κ3) is 5.79. The normalized spacial score (nSPS) is 11.3. The fourth-order valence-electron chi connectivity index (χ4n) is 1.13. The summed E-state index contributed by atoms with van der Waals surface area (Å²) in [6.45, 7) is 0.675. The summed E-state index contributed by atoms with van der Waals surface area (Å²) in [4.78, 5) is 0. The van der Waals surface area contributed by atoms with Crippen LogP contribution in [0.2, 0.25) is 0 Å². The van der Waals surface area contributed by atoms with Crippen LogP contribution in [-0.4, -0.2) is 27.0 Å². The second-order valence-corrected chi connectivity index (χ2v) is 6.59. The summed E-state index contributed by atoms with van der Waals surface area (Å²) in [5.41, 5.74) is 1.01. The first kappa shape index (κ1) is 12.5. The van der Waals surface area contributed by atoms with Gasteiger partial charge in [0.05, 0.1) is 5.75 Å². The monoisotopic (exact) mass is 291 g/mol. The molecule has 0 spiro atoms. The van der Waals surface area contributed by atoms with E-state index in [4.69, 9.17) is 0 Å². The van der Waals surface area contributed by atoms with Gasteiger partial charge >= 0.3 is 0 Å². The molecule has 0 saturated heterocycles. The Morgan fingerprint density at radius 2 is 1.87 bits per heavy atom. The molecule has 0 bridgehead atoms. The fourth-order valence-corrected chi connectivity index (χ4v) is 2.07. The zero-order valence-electron chi connectivity index (χ0n) is 8.53. The number of anilines is 1. The van der Waals surface area contributed by atoms with Gasteiger partial charge in [0, 0.05) is 23.0 Å². The van der Waals surface area contributed by atoms with Gasteiger partial charge in [-0.2, -0.15) is 0 Å². The molecule has 0 aliphatic heterocycles. The van der Waals surface area contributed by atoms with Gasteiger partial charge in [0.2, 0.25) is 0 Å². The SMILES string of the molecule is CS(=O)(=O)CCCNc1ccc(Br)cc1. The van der Waals surface area contributed by atoms with Crippen molar-refractivity contribution in [2.45, 2.75) is 6.42 Å². The highest BCUT2D eigenvalue weighted by Crippen LogP contribution is 2.13. The minimum Gasteiger partial charge on any atom is -0.385 e. The van der Waals surface area contributed by atoms with Crippen LogP contribution in [0.3, 0.4) is 0 Å². The molecule has 0 radical (unpaired) electrons. The molecular weight excluding hydrogens is 278 g/mol. The van der Waals surface area contributed by atoms with E-state index in [9.17, 15) is 8.42 Å². The number of hydrogen-bond donors (Lipinski definition) is 1.